The summed E-state index contributed by atoms with van der Waals surface area (Å²) in [6, 6.07) is 3.85. The second-order valence-corrected chi connectivity index (χ2v) is 6.93. The fourth-order valence-corrected chi connectivity index (χ4v) is 4.48. The molecule has 0 saturated heterocycles. The molecule has 1 aromatic carbocycles. The van der Waals surface area contributed by atoms with Crippen molar-refractivity contribution >= 4 is 25.8 Å². The Hall–Kier alpha value is -0.350. The third-order valence-electron chi connectivity index (χ3n) is 2.46. The second-order valence-electron chi connectivity index (χ2n) is 4.09. The largest absolute Gasteiger partial charge is 0.224 e. The number of hydrogen-bond acceptors (Lipinski definition) is 2. The third-order valence-corrected chi connectivity index (χ3v) is 5.12. The maximum Gasteiger partial charge on any atom is 0.178 e. The van der Waals surface area contributed by atoms with Gasteiger partial charge < -0.3 is 0 Å². The Morgan fingerprint density at radius 2 is 1.62 bits per heavy atom. The molecule has 0 fully saturated rings. The molecule has 0 N–H and O–H groups in total. The first-order valence-corrected chi connectivity index (χ1v) is 8.02. The van der Waals surface area contributed by atoms with Crippen LogP contribution in [0.5, 0.6) is 0 Å². The first-order valence-electron chi connectivity index (χ1n) is 5.25. The van der Waals surface area contributed by atoms with Crippen molar-refractivity contribution in [2.24, 2.45) is 0 Å². The Labute approximate surface area is 106 Å². The molecule has 0 atom stereocenters. The smallest absolute Gasteiger partial charge is 0.178 e. The van der Waals surface area contributed by atoms with Gasteiger partial charge in [0.15, 0.2) is 9.84 Å². The van der Waals surface area contributed by atoms with Crippen LogP contribution in [0.1, 0.15) is 23.1 Å². The number of sulfone groups is 1. The zero-order valence-electron chi connectivity index (χ0n) is 9.88. The molecule has 0 aromatic heterocycles. The zero-order chi connectivity index (χ0) is 12.3. The van der Waals surface area contributed by atoms with Gasteiger partial charge in [0.25, 0.3) is 0 Å². The standard InChI is InChI=1S/C12H17BrO2S/c1-9-7-10(2)12(11(3)8-9)16(14,15)6-4-5-13/h7-8H,4-6H2,1-3H3. The number of halogens is 1. The Morgan fingerprint density at radius 1 is 1.12 bits per heavy atom. The van der Waals surface area contributed by atoms with Crippen LogP contribution in [0, 0.1) is 20.8 Å². The van der Waals surface area contributed by atoms with Gasteiger partial charge in [0.05, 0.1) is 10.6 Å². The number of hydrogen-bond donors (Lipinski definition) is 0. The van der Waals surface area contributed by atoms with Crippen molar-refractivity contribution in [3.05, 3.63) is 28.8 Å². The minimum Gasteiger partial charge on any atom is -0.224 e. The van der Waals surface area contributed by atoms with Gasteiger partial charge in [-0.1, -0.05) is 33.6 Å². The van der Waals surface area contributed by atoms with Gasteiger partial charge in [-0.3, -0.25) is 0 Å². The van der Waals surface area contributed by atoms with E-state index in [4.69, 9.17) is 0 Å². The maximum absolute atomic E-state index is 12.1. The van der Waals surface area contributed by atoms with Crippen molar-refractivity contribution < 1.29 is 8.42 Å². The Morgan fingerprint density at radius 3 is 2.06 bits per heavy atom. The summed E-state index contributed by atoms with van der Waals surface area (Å²) in [6.45, 7) is 5.71. The number of benzene rings is 1. The predicted molar refractivity (Wildman–Crippen MR) is 71.1 cm³/mol. The van der Waals surface area contributed by atoms with Gasteiger partial charge in [0, 0.05) is 5.33 Å². The van der Waals surface area contributed by atoms with Crippen LogP contribution >= 0.6 is 15.9 Å². The van der Waals surface area contributed by atoms with E-state index in [1.165, 1.54) is 0 Å². The van der Waals surface area contributed by atoms with Gasteiger partial charge in [-0.05, 0) is 38.3 Å². The zero-order valence-corrected chi connectivity index (χ0v) is 12.3. The van der Waals surface area contributed by atoms with E-state index in [0.717, 1.165) is 22.0 Å². The summed E-state index contributed by atoms with van der Waals surface area (Å²) in [5, 5.41) is 0.718. The highest BCUT2D eigenvalue weighted by molar-refractivity contribution is 9.09. The van der Waals surface area contributed by atoms with Crippen LogP contribution in [-0.4, -0.2) is 19.5 Å². The number of alkyl halides is 1. The molecule has 1 rings (SSSR count). The molecule has 0 spiro atoms. The monoisotopic (exact) mass is 304 g/mol. The van der Waals surface area contributed by atoms with Crippen molar-refractivity contribution in [3.8, 4) is 0 Å². The van der Waals surface area contributed by atoms with E-state index in [2.05, 4.69) is 15.9 Å². The molecule has 0 unspecified atom stereocenters. The fourth-order valence-electron chi connectivity index (χ4n) is 2.00. The highest BCUT2D eigenvalue weighted by Crippen LogP contribution is 2.23. The molecule has 0 bridgehead atoms. The molecule has 0 saturated carbocycles. The molecule has 0 aliphatic carbocycles. The predicted octanol–water partition coefficient (Wildman–Crippen LogP) is 3.17. The molecule has 0 amide bonds. The van der Waals surface area contributed by atoms with E-state index in [9.17, 15) is 8.42 Å². The summed E-state index contributed by atoms with van der Waals surface area (Å²) in [6.07, 6.45) is 0.648. The van der Waals surface area contributed by atoms with Crippen molar-refractivity contribution in [2.45, 2.75) is 32.1 Å². The van der Waals surface area contributed by atoms with Gasteiger partial charge >= 0.3 is 0 Å². The lowest BCUT2D eigenvalue weighted by Gasteiger charge is -2.11. The Bertz CT molecular complexity index is 455. The molecule has 0 heterocycles. The highest BCUT2D eigenvalue weighted by Gasteiger charge is 2.19. The van der Waals surface area contributed by atoms with Crippen molar-refractivity contribution in [3.63, 3.8) is 0 Å². The van der Waals surface area contributed by atoms with Gasteiger partial charge in [-0.25, -0.2) is 8.42 Å². The molecular formula is C12H17BrO2S. The summed E-state index contributed by atoms with van der Waals surface area (Å²) in [4.78, 5) is 0.513. The normalized spacial score (nSPS) is 11.8. The van der Waals surface area contributed by atoms with Gasteiger partial charge in [0.2, 0.25) is 0 Å². The molecule has 0 aliphatic heterocycles. The first-order chi connectivity index (χ1) is 7.38. The minimum absolute atomic E-state index is 0.211. The topological polar surface area (TPSA) is 34.1 Å². The summed E-state index contributed by atoms with van der Waals surface area (Å²) in [5.74, 6) is 0.211. The van der Waals surface area contributed by atoms with E-state index in [-0.39, 0.29) is 5.75 Å². The van der Waals surface area contributed by atoms with Crippen LogP contribution < -0.4 is 0 Å². The average Bonchev–Trinajstić information content (AvgIpc) is 2.12. The van der Waals surface area contributed by atoms with Crippen LogP contribution in [0.2, 0.25) is 0 Å². The molecule has 0 radical (unpaired) electrons. The van der Waals surface area contributed by atoms with Crippen molar-refractivity contribution in [1.29, 1.82) is 0 Å². The Balaban J connectivity index is 3.23. The van der Waals surface area contributed by atoms with Crippen molar-refractivity contribution in [1.82, 2.24) is 0 Å². The molecule has 4 heteroatoms. The van der Waals surface area contributed by atoms with Crippen molar-refractivity contribution in [2.75, 3.05) is 11.1 Å². The lowest BCUT2D eigenvalue weighted by Crippen LogP contribution is -2.11. The molecule has 1 aromatic rings. The SMILES string of the molecule is Cc1cc(C)c(S(=O)(=O)CCCBr)c(C)c1. The second kappa shape index (κ2) is 5.32. The van der Waals surface area contributed by atoms with Crippen LogP contribution in [0.15, 0.2) is 17.0 Å². The summed E-state index contributed by atoms with van der Waals surface area (Å²) in [5.41, 5.74) is 2.81. The van der Waals surface area contributed by atoms with Gasteiger partial charge in [0.1, 0.15) is 0 Å². The average molecular weight is 305 g/mol. The highest BCUT2D eigenvalue weighted by atomic mass is 79.9. The molecule has 16 heavy (non-hydrogen) atoms. The van der Waals surface area contributed by atoms with E-state index < -0.39 is 9.84 Å². The number of rotatable bonds is 4. The minimum atomic E-state index is -3.13. The van der Waals surface area contributed by atoms with E-state index >= 15 is 0 Å². The Kier molecular flexibility index (Phi) is 4.56. The summed E-state index contributed by atoms with van der Waals surface area (Å²) in [7, 11) is -3.13. The van der Waals surface area contributed by atoms with Gasteiger partial charge in [-0.2, -0.15) is 0 Å². The molecule has 2 nitrogen and oxygen atoms in total. The lowest BCUT2D eigenvalue weighted by atomic mass is 10.1. The summed E-state index contributed by atoms with van der Waals surface area (Å²) < 4.78 is 24.2. The first kappa shape index (κ1) is 13.7. The van der Waals surface area contributed by atoms with E-state index in [1.807, 2.05) is 32.9 Å². The number of aryl methyl sites for hydroxylation is 3. The summed E-state index contributed by atoms with van der Waals surface area (Å²) >= 11 is 3.26. The van der Waals surface area contributed by atoms with Crippen LogP contribution in [0.25, 0.3) is 0 Å². The van der Waals surface area contributed by atoms with Gasteiger partial charge in [-0.15, -0.1) is 0 Å². The molecule has 90 valence electrons. The molecular weight excluding hydrogens is 288 g/mol. The lowest BCUT2D eigenvalue weighted by molar-refractivity contribution is 0.593. The third kappa shape index (κ3) is 3.08. The maximum atomic E-state index is 12.1. The van der Waals surface area contributed by atoms with Crippen LogP contribution in [-0.2, 0) is 9.84 Å². The fraction of sp³-hybridized carbons (Fsp3) is 0.500. The van der Waals surface area contributed by atoms with E-state index in [1.54, 1.807) is 0 Å². The van der Waals surface area contributed by atoms with E-state index in [0.29, 0.717) is 11.3 Å². The van der Waals surface area contributed by atoms with Crippen LogP contribution in [0.3, 0.4) is 0 Å². The quantitative estimate of drug-likeness (QED) is 0.801. The molecule has 0 aliphatic rings. The van der Waals surface area contributed by atoms with Crippen LogP contribution in [0.4, 0.5) is 0 Å².